The Morgan fingerprint density at radius 1 is 1.52 bits per heavy atom. The average Bonchev–Trinajstić information content (AvgIpc) is 2.75. The van der Waals surface area contributed by atoms with Crippen LogP contribution >= 0.6 is 11.3 Å². The Kier molecular flexibility index (Phi) is 4.70. The molecule has 1 aliphatic rings. The van der Waals surface area contributed by atoms with Gasteiger partial charge in [0.2, 0.25) is 0 Å². The molecule has 6 nitrogen and oxygen atoms in total. The van der Waals surface area contributed by atoms with E-state index in [0.717, 1.165) is 5.00 Å². The number of hydrogen-bond donors (Lipinski definition) is 2. The van der Waals surface area contributed by atoms with Crippen LogP contribution in [0.5, 0.6) is 0 Å². The monoisotopic (exact) mass is 308 g/mol. The first-order valence-corrected chi connectivity index (χ1v) is 7.80. The average molecular weight is 308 g/mol. The summed E-state index contributed by atoms with van der Waals surface area (Å²) in [5.74, 6) is -0.225. The van der Waals surface area contributed by atoms with Gasteiger partial charge in [-0.25, -0.2) is 0 Å². The van der Waals surface area contributed by atoms with Crippen LogP contribution in [0.25, 0.3) is 0 Å². The smallest absolute Gasteiger partial charge is 0.263 e. The fourth-order valence-corrected chi connectivity index (χ4v) is 3.62. The van der Waals surface area contributed by atoms with Crippen LogP contribution in [0.2, 0.25) is 0 Å². The quantitative estimate of drug-likeness (QED) is 0.884. The van der Waals surface area contributed by atoms with Crippen LogP contribution in [0.3, 0.4) is 0 Å². The van der Waals surface area contributed by atoms with Crippen LogP contribution in [0, 0.1) is 11.3 Å². The number of nitrogens with one attached hydrogen (secondary N) is 1. The summed E-state index contributed by atoms with van der Waals surface area (Å²) in [7, 11) is 0. The summed E-state index contributed by atoms with van der Waals surface area (Å²) in [6.07, 6.45) is 0.160. The third-order valence-corrected chi connectivity index (χ3v) is 4.55. The molecule has 7 heteroatoms. The van der Waals surface area contributed by atoms with E-state index >= 15 is 0 Å². The van der Waals surface area contributed by atoms with Crippen molar-refractivity contribution in [1.29, 1.82) is 5.26 Å². The first kappa shape index (κ1) is 15.6. The number of hydrogen-bond acceptors (Lipinski definition) is 6. The van der Waals surface area contributed by atoms with Crippen molar-refractivity contribution < 1.29 is 9.53 Å². The van der Waals surface area contributed by atoms with Gasteiger partial charge < -0.3 is 20.7 Å². The second-order valence-corrected chi connectivity index (χ2v) is 6.16. The van der Waals surface area contributed by atoms with Crippen LogP contribution in [0.1, 0.15) is 36.0 Å². The molecule has 1 aromatic rings. The van der Waals surface area contributed by atoms with Crippen LogP contribution in [-0.4, -0.2) is 37.7 Å². The van der Waals surface area contributed by atoms with E-state index in [1.807, 2.05) is 20.8 Å². The molecule has 1 aliphatic heterocycles. The minimum Gasteiger partial charge on any atom is -0.396 e. The lowest BCUT2D eigenvalue weighted by molar-refractivity contribution is -0.00501. The molecule has 1 fully saturated rings. The number of amides is 1. The highest BCUT2D eigenvalue weighted by molar-refractivity contribution is 7.19. The molecule has 1 amide bonds. The highest BCUT2D eigenvalue weighted by Crippen LogP contribution is 2.38. The molecule has 1 aromatic heterocycles. The third kappa shape index (κ3) is 3.12. The molecule has 0 spiro atoms. The predicted molar refractivity (Wildman–Crippen MR) is 83.7 cm³/mol. The van der Waals surface area contributed by atoms with Crippen molar-refractivity contribution in [1.82, 2.24) is 5.32 Å². The van der Waals surface area contributed by atoms with Gasteiger partial charge in [-0.05, 0) is 20.8 Å². The predicted octanol–water partition coefficient (Wildman–Crippen LogP) is 1.57. The van der Waals surface area contributed by atoms with E-state index in [1.165, 1.54) is 11.3 Å². The Bertz CT molecular complexity index is 568. The number of morpholine rings is 1. The number of nitrogens with two attached hydrogens (primary N) is 1. The molecule has 0 aromatic carbocycles. The molecule has 114 valence electrons. The number of anilines is 2. The van der Waals surface area contributed by atoms with Gasteiger partial charge in [-0.1, -0.05) is 0 Å². The molecule has 0 saturated carbocycles. The van der Waals surface area contributed by atoms with E-state index in [0.29, 0.717) is 30.1 Å². The highest BCUT2D eigenvalue weighted by atomic mass is 32.1. The molecule has 2 heterocycles. The van der Waals surface area contributed by atoms with Gasteiger partial charge >= 0.3 is 0 Å². The normalized spacial score (nSPS) is 21.9. The van der Waals surface area contributed by atoms with Crippen molar-refractivity contribution >= 4 is 27.9 Å². The van der Waals surface area contributed by atoms with Crippen molar-refractivity contribution in [2.45, 2.75) is 33.0 Å². The van der Waals surface area contributed by atoms with Gasteiger partial charge in [0.15, 0.2) is 0 Å². The summed E-state index contributed by atoms with van der Waals surface area (Å²) in [5, 5.41) is 12.9. The number of ether oxygens (including phenoxy) is 1. The molecule has 21 heavy (non-hydrogen) atoms. The summed E-state index contributed by atoms with van der Waals surface area (Å²) in [6, 6.07) is 2.13. The number of thiophene rings is 1. The molecular formula is C14H20N4O2S. The maximum atomic E-state index is 12.0. The molecule has 2 atom stereocenters. The number of nitriles is 1. The molecule has 3 N–H and O–H groups in total. The number of nitrogens with zero attached hydrogens (tertiary/aromatic N) is 2. The first-order chi connectivity index (χ1) is 9.97. The lowest BCUT2D eigenvalue weighted by atomic mass is 10.2. The van der Waals surface area contributed by atoms with E-state index < -0.39 is 0 Å². The molecular weight excluding hydrogens is 288 g/mol. The zero-order chi connectivity index (χ0) is 15.6. The maximum absolute atomic E-state index is 12.0. The van der Waals surface area contributed by atoms with E-state index in [1.54, 1.807) is 0 Å². The Hall–Kier alpha value is -1.78. The standard InChI is InChI=1S/C14H20N4O2S/c1-4-17-13(19)12-11(16)10(5-15)14(21-12)18-6-8(2)20-9(3)7-18/h8-9H,4,6-7,16H2,1-3H3,(H,17,19)/t8-,9+. The van der Waals surface area contributed by atoms with Crippen LogP contribution < -0.4 is 16.0 Å². The van der Waals surface area contributed by atoms with Crippen molar-refractivity contribution in [3.8, 4) is 6.07 Å². The Balaban J connectivity index is 2.37. The topological polar surface area (TPSA) is 91.4 Å². The zero-order valence-corrected chi connectivity index (χ0v) is 13.3. The van der Waals surface area contributed by atoms with Crippen LogP contribution in [-0.2, 0) is 4.74 Å². The van der Waals surface area contributed by atoms with Crippen molar-refractivity contribution in [2.24, 2.45) is 0 Å². The lowest BCUT2D eigenvalue weighted by Crippen LogP contribution is -2.45. The lowest BCUT2D eigenvalue weighted by Gasteiger charge is -2.36. The van der Waals surface area contributed by atoms with E-state index in [2.05, 4.69) is 16.3 Å². The van der Waals surface area contributed by atoms with E-state index in [4.69, 9.17) is 10.5 Å². The Morgan fingerprint density at radius 3 is 2.67 bits per heavy atom. The van der Waals surface area contributed by atoms with Gasteiger partial charge in [0, 0.05) is 19.6 Å². The summed E-state index contributed by atoms with van der Waals surface area (Å²) >= 11 is 1.28. The highest BCUT2D eigenvalue weighted by Gasteiger charge is 2.29. The van der Waals surface area contributed by atoms with Gasteiger partial charge in [-0.15, -0.1) is 11.3 Å². The largest absolute Gasteiger partial charge is 0.396 e. The Morgan fingerprint density at radius 2 is 2.14 bits per heavy atom. The summed E-state index contributed by atoms with van der Waals surface area (Å²) < 4.78 is 5.70. The number of carbonyl (C=O) groups is 1. The molecule has 1 saturated heterocycles. The molecule has 0 aliphatic carbocycles. The summed E-state index contributed by atoms with van der Waals surface area (Å²) in [4.78, 5) is 14.5. The van der Waals surface area contributed by atoms with Gasteiger partial charge in [0.25, 0.3) is 5.91 Å². The number of nitrogen functional groups attached to an aromatic ring is 1. The van der Waals surface area contributed by atoms with Crippen LogP contribution in [0.15, 0.2) is 0 Å². The maximum Gasteiger partial charge on any atom is 0.263 e. The number of rotatable bonds is 3. The van der Waals surface area contributed by atoms with Gasteiger partial charge in [0.1, 0.15) is 21.5 Å². The fourth-order valence-electron chi connectivity index (χ4n) is 2.52. The summed E-state index contributed by atoms with van der Waals surface area (Å²) in [6.45, 7) is 7.74. The molecule has 0 unspecified atom stereocenters. The fraction of sp³-hybridized carbons (Fsp3) is 0.571. The Labute approximate surface area is 128 Å². The van der Waals surface area contributed by atoms with Gasteiger partial charge in [-0.3, -0.25) is 4.79 Å². The first-order valence-electron chi connectivity index (χ1n) is 6.98. The zero-order valence-electron chi connectivity index (χ0n) is 12.5. The van der Waals surface area contributed by atoms with Crippen molar-refractivity contribution in [2.75, 3.05) is 30.3 Å². The van der Waals surface area contributed by atoms with E-state index in [-0.39, 0.29) is 23.8 Å². The summed E-state index contributed by atoms with van der Waals surface area (Å²) in [5.41, 5.74) is 6.66. The number of carbonyl (C=O) groups excluding carboxylic acids is 1. The van der Waals surface area contributed by atoms with Gasteiger partial charge in [-0.2, -0.15) is 5.26 Å². The second kappa shape index (κ2) is 6.33. The van der Waals surface area contributed by atoms with Crippen molar-refractivity contribution in [3.63, 3.8) is 0 Å². The minimum atomic E-state index is -0.225. The molecule has 0 radical (unpaired) electrons. The third-order valence-electron chi connectivity index (χ3n) is 3.29. The SMILES string of the molecule is CCNC(=O)c1sc(N2C[C@@H](C)O[C@@H](C)C2)c(C#N)c1N. The van der Waals surface area contributed by atoms with Crippen LogP contribution in [0.4, 0.5) is 10.7 Å². The minimum absolute atomic E-state index is 0.0801. The molecule has 0 bridgehead atoms. The van der Waals surface area contributed by atoms with Crippen molar-refractivity contribution in [3.05, 3.63) is 10.4 Å². The molecule has 2 rings (SSSR count). The second-order valence-electron chi connectivity index (χ2n) is 5.16. The van der Waals surface area contributed by atoms with Gasteiger partial charge in [0.05, 0.1) is 17.9 Å². The van der Waals surface area contributed by atoms with E-state index in [9.17, 15) is 10.1 Å².